The lowest BCUT2D eigenvalue weighted by Gasteiger charge is -2.10. The average Bonchev–Trinajstić information content (AvgIpc) is 2.82. The molecule has 1 atom stereocenters. The van der Waals surface area contributed by atoms with E-state index in [9.17, 15) is 0 Å². The summed E-state index contributed by atoms with van der Waals surface area (Å²) in [6.07, 6.45) is 3.60. The van der Waals surface area contributed by atoms with Crippen molar-refractivity contribution in [2.24, 2.45) is 0 Å². The van der Waals surface area contributed by atoms with Crippen molar-refractivity contribution in [2.75, 3.05) is 7.11 Å². The summed E-state index contributed by atoms with van der Waals surface area (Å²) < 4.78 is 5.21. The lowest BCUT2D eigenvalue weighted by Crippen LogP contribution is -1.91. The highest BCUT2D eigenvalue weighted by Crippen LogP contribution is 2.33. The molecule has 0 spiro atoms. The van der Waals surface area contributed by atoms with E-state index in [0.717, 1.165) is 10.9 Å². The van der Waals surface area contributed by atoms with Crippen molar-refractivity contribution in [3.63, 3.8) is 0 Å². The van der Waals surface area contributed by atoms with Crippen molar-refractivity contribution < 1.29 is 4.74 Å². The van der Waals surface area contributed by atoms with E-state index in [1.54, 1.807) is 25.1 Å². The molecule has 3 nitrogen and oxygen atoms in total. The fourth-order valence-electron chi connectivity index (χ4n) is 1.45. The Labute approximate surface area is 99.2 Å². The summed E-state index contributed by atoms with van der Waals surface area (Å²) in [4.78, 5) is 7.29. The molecule has 0 fully saturated rings. The summed E-state index contributed by atoms with van der Waals surface area (Å²) in [7, 11) is 1.68. The summed E-state index contributed by atoms with van der Waals surface area (Å²) >= 11 is 1.70. The quantitative estimate of drug-likeness (QED) is 0.825. The van der Waals surface area contributed by atoms with E-state index in [4.69, 9.17) is 4.74 Å². The fraction of sp³-hybridized carbons (Fsp3) is 0.250. The standard InChI is InChI=1S/C12H14N2OS/c1-9(16-12-13-6-7-14-12)10-4-3-5-11(8-10)15-2/h3-9H,1-2H3,(H,13,14)/t9-/m1/s1. The molecule has 1 N–H and O–H groups in total. The number of ether oxygens (including phenoxy) is 1. The number of aromatic amines is 1. The number of benzene rings is 1. The minimum absolute atomic E-state index is 0.348. The zero-order valence-corrected chi connectivity index (χ0v) is 10.1. The second-order valence-electron chi connectivity index (χ2n) is 3.43. The summed E-state index contributed by atoms with van der Waals surface area (Å²) in [6.45, 7) is 2.15. The average molecular weight is 234 g/mol. The van der Waals surface area contributed by atoms with Crippen LogP contribution < -0.4 is 4.74 Å². The van der Waals surface area contributed by atoms with Crippen LogP contribution in [-0.4, -0.2) is 17.1 Å². The van der Waals surface area contributed by atoms with Gasteiger partial charge >= 0.3 is 0 Å². The number of imidazole rings is 1. The Morgan fingerprint density at radius 3 is 3.00 bits per heavy atom. The molecule has 0 aliphatic heterocycles. The zero-order valence-electron chi connectivity index (χ0n) is 9.31. The van der Waals surface area contributed by atoms with Crippen LogP contribution in [0.1, 0.15) is 17.7 Å². The maximum atomic E-state index is 5.21. The lowest BCUT2D eigenvalue weighted by atomic mass is 10.1. The molecular weight excluding hydrogens is 220 g/mol. The number of methoxy groups -OCH3 is 1. The van der Waals surface area contributed by atoms with Crippen LogP contribution in [0, 0.1) is 0 Å². The number of nitrogens with one attached hydrogen (secondary N) is 1. The largest absolute Gasteiger partial charge is 0.497 e. The SMILES string of the molecule is COc1cccc([C@@H](C)Sc2ncc[nH]2)c1. The Hall–Kier alpha value is -1.42. The molecule has 2 rings (SSSR count). The number of hydrogen-bond donors (Lipinski definition) is 1. The van der Waals surface area contributed by atoms with Crippen LogP contribution in [0.2, 0.25) is 0 Å². The predicted molar refractivity (Wildman–Crippen MR) is 65.9 cm³/mol. The van der Waals surface area contributed by atoms with E-state index >= 15 is 0 Å². The van der Waals surface area contributed by atoms with Crippen molar-refractivity contribution >= 4 is 11.8 Å². The van der Waals surface area contributed by atoms with E-state index < -0.39 is 0 Å². The molecule has 0 amide bonds. The van der Waals surface area contributed by atoms with Crippen LogP contribution in [-0.2, 0) is 0 Å². The minimum Gasteiger partial charge on any atom is -0.497 e. The van der Waals surface area contributed by atoms with Crippen molar-refractivity contribution in [2.45, 2.75) is 17.3 Å². The van der Waals surface area contributed by atoms with Crippen molar-refractivity contribution in [3.05, 3.63) is 42.2 Å². The van der Waals surface area contributed by atoms with Crippen molar-refractivity contribution in [3.8, 4) is 5.75 Å². The Morgan fingerprint density at radius 2 is 2.31 bits per heavy atom. The van der Waals surface area contributed by atoms with E-state index in [2.05, 4.69) is 29.0 Å². The van der Waals surface area contributed by atoms with E-state index in [-0.39, 0.29) is 0 Å². The van der Waals surface area contributed by atoms with Crippen LogP contribution in [0.3, 0.4) is 0 Å². The highest BCUT2D eigenvalue weighted by molar-refractivity contribution is 7.99. The molecule has 2 aromatic rings. The van der Waals surface area contributed by atoms with Crippen LogP contribution in [0.4, 0.5) is 0 Å². The topological polar surface area (TPSA) is 37.9 Å². The maximum Gasteiger partial charge on any atom is 0.165 e. The summed E-state index contributed by atoms with van der Waals surface area (Å²) in [6, 6.07) is 8.12. The molecule has 0 saturated heterocycles. The van der Waals surface area contributed by atoms with Crippen molar-refractivity contribution in [1.82, 2.24) is 9.97 Å². The van der Waals surface area contributed by atoms with E-state index in [0.29, 0.717) is 5.25 Å². The minimum atomic E-state index is 0.348. The molecule has 0 unspecified atom stereocenters. The van der Waals surface area contributed by atoms with Crippen LogP contribution in [0.15, 0.2) is 41.8 Å². The third-order valence-corrected chi connectivity index (χ3v) is 3.40. The third-order valence-electron chi connectivity index (χ3n) is 2.32. The second kappa shape index (κ2) is 5.07. The molecule has 1 aromatic carbocycles. The summed E-state index contributed by atoms with van der Waals surface area (Å²) in [5.41, 5.74) is 1.24. The first-order valence-electron chi connectivity index (χ1n) is 5.09. The molecule has 4 heteroatoms. The Bertz CT molecular complexity index is 442. The summed E-state index contributed by atoms with van der Waals surface area (Å²) in [5, 5.41) is 1.29. The van der Waals surface area contributed by atoms with Gasteiger partial charge in [0, 0.05) is 17.6 Å². The van der Waals surface area contributed by atoms with E-state index in [1.807, 2.05) is 18.3 Å². The van der Waals surface area contributed by atoms with Gasteiger partial charge in [-0.15, -0.1) is 0 Å². The molecule has 84 valence electrons. The molecule has 0 radical (unpaired) electrons. The first kappa shape index (κ1) is 11.1. The van der Waals surface area contributed by atoms with Crippen LogP contribution >= 0.6 is 11.8 Å². The highest BCUT2D eigenvalue weighted by Gasteiger charge is 2.09. The van der Waals surface area contributed by atoms with Gasteiger partial charge in [0.15, 0.2) is 5.16 Å². The number of hydrogen-bond acceptors (Lipinski definition) is 3. The number of aromatic nitrogens is 2. The van der Waals surface area contributed by atoms with Gasteiger partial charge in [-0.25, -0.2) is 4.98 Å². The highest BCUT2D eigenvalue weighted by atomic mass is 32.2. The normalized spacial score (nSPS) is 12.4. The summed E-state index contributed by atoms with van der Waals surface area (Å²) in [5.74, 6) is 0.893. The second-order valence-corrected chi connectivity index (χ2v) is 4.76. The number of rotatable bonds is 4. The van der Waals surface area contributed by atoms with Gasteiger partial charge in [0.25, 0.3) is 0 Å². The smallest absolute Gasteiger partial charge is 0.165 e. The van der Waals surface area contributed by atoms with Gasteiger partial charge in [0.05, 0.1) is 7.11 Å². The van der Waals surface area contributed by atoms with E-state index in [1.165, 1.54) is 5.56 Å². The molecule has 0 bridgehead atoms. The molecule has 16 heavy (non-hydrogen) atoms. The first-order chi connectivity index (χ1) is 7.79. The van der Waals surface area contributed by atoms with Gasteiger partial charge in [-0.1, -0.05) is 23.9 Å². The monoisotopic (exact) mass is 234 g/mol. The number of H-pyrrole nitrogens is 1. The van der Waals surface area contributed by atoms with Gasteiger partial charge in [-0.05, 0) is 24.6 Å². The van der Waals surface area contributed by atoms with Gasteiger partial charge in [0.1, 0.15) is 5.75 Å². The maximum absolute atomic E-state index is 5.21. The third kappa shape index (κ3) is 2.58. The van der Waals surface area contributed by atoms with Gasteiger partial charge in [-0.2, -0.15) is 0 Å². The van der Waals surface area contributed by atoms with Gasteiger partial charge in [-0.3, -0.25) is 0 Å². The molecular formula is C12H14N2OS. The fourth-order valence-corrected chi connectivity index (χ4v) is 2.32. The molecule has 0 saturated carbocycles. The lowest BCUT2D eigenvalue weighted by molar-refractivity contribution is 0.414. The zero-order chi connectivity index (χ0) is 11.4. The Morgan fingerprint density at radius 1 is 1.44 bits per heavy atom. The number of thioether (sulfide) groups is 1. The van der Waals surface area contributed by atoms with Crippen LogP contribution in [0.5, 0.6) is 5.75 Å². The predicted octanol–water partition coefficient (Wildman–Crippen LogP) is 3.27. The van der Waals surface area contributed by atoms with Gasteiger partial charge in [0.2, 0.25) is 0 Å². The molecule has 1 heterocycles. The Balaban J connectivity index is 2.11. The number of nitrogens with zero attached hydrogens (tertiary/aromatic N) is 1. The Kier molecular flexibility index (Phi) is 3.51. The molecule has 0 aliphatic rings. The van der Waals surface area contributed by atoms with Crippen molar-refractivity contribution in [1.29, 1.82) is 0 Å². The molecule has 1 aromatic heterocycles. The van der Waals surface area contributed by atoms with Crippen LogP contribution in [0.25, 0.3) is 0 Å². The molecule has 0 aliphatic carbocycles. The van der Waals surface area contributed by atoms with Gasteiger partial charge < -0.3 is 9.72 Å². The first-order valence-corrected chi connectivity index (χ1v) is 5.97.